The van der Waals surface area contributed by atoms with Crippen LogP contribution in [0, 0.1) is 0 Å². The van der Waals surface area contributed by atoms with Crippen LogP contribution in [0.15, 0.2) is 19.2 Å². The Kier molecular flexibility index (Phi) is 4.78. The van der Waals surface area contributed by atoms with E-state index in [4.69, 9.17) is 22.5 Å². The Hall–Kier alpha value is -0.350. The quantitative estimate of drug-likeness (QED) is 0.367. The lowest BCUT2D eigenvalue weighted by atomic mass is 10.6. The minimum absolute atomic E-state index is 0.0858. The molecule has 1 heterocycles. The average molecular weight is 363 g/mol. The third kappa shape index (κ3) is 3.32. The van der Waals surface area contributed by atoms with Crippen LogP contribution in [0.2, 0.25) is 5.02 Å². The number of sulfonamides is 1. The highest BCUT2D eigenvalue weighted by Gasteiger charge is 2.24. The second-order valence-electron chi connectivity index (χ2n) is 3.04. The van der Waals surface area contributed by atoms with E-state index in [0.29, 0.717) is 8.81 Å². The summed E-state index contributed by atoms with van der Waals surface area (Å²) >= 11 is 9.90. The van der Waals surface area contributed by atoms with Crippen LogP contribution >= 0.6 is 38.9 Å². The first-order chi connectivity index (χ1) is 7.78. The molecule has 17 heavy (non-hydrogen) atoms. The number of amidine groups is 1. The van der Waals surface area contributed by atoms with Gasteiger partial charge in [0, 0.05) is 7.05 Å². The Bertz CT molecular complexity index is 523. The smallest absolute Gasteiger partial charge is 0.252 e. The van der Waals surface area contributed by atoms with Crippen molar-refractivity contribution in [1.29, 1.82) is 0 Å². The van der Waals surface area contributed by atoms with Gasteiger partial charge in [0.1, 0.15) is 4.21 Å². The van der Waals surface area contributed by atoms with Crippen molar-refractivity contribution in [3.63, 3.8) is 0 Å². The van der Waals surface area contributed by atoms with Crippen molar-refractivity contribution < 1.29 is 13.6 Å². The summed E-state index contributed by atoms with van der Waals surface area (Å²) < 4.78 is 25.6. The fourth-order valence-electron chi connectivity index (χ4n) is 0.952. The lowest BCUT2D eigenvalue weighted by molar-refractivity contribution is 0.315. The number of likely N-dealkylation sites (N-methyl/N-ethyl adjacent to an activating group) is 1. The van der Waals surface area contributed by atoms with Crippen molar-refractivity contribution in [3.8, 4) is 0 Å². The van der Waals surface area contributed by atoms with Gasteiger partial charge >= 0.3 is 0 Å². The Balaban J connectivity index is 3.03. The maximum Gasteiger partial charge on any atom is 0.252 e. The highest BCUT2D eigenvalue weighted by Crippen LogP contribution is 2.35. The van der Waals surface area contributed by atoms with Crippen LogP contribution in [0.1, 0.15) is 0 Å². The molecule has 0 bridgehead atoms. The average Bonchev–Trinajstić information content (AvgIpc) is 2.59. The van der Waals surface area contributed by atoms with Crippen LogP contribution in [0.3, 0.4) is 0 Å². The summed E-state index contributed by atoms with van der Waals surface area (Å²) in [4.78, 5) is 0. The summed E-state index contributed by atoms with van der Waals surface area (Å²) in [6.07, 6.45) is 0. The molecule has 3 N–H and O–H groups in total. The standard InChI is InChI=1S/C7H9BrClN3O3S2/c1-12(3-5(10)11-13)17(14,15)6-2-4(9)7(8)16-6/h2,13H,3H2,1H3,(H2,10,11). The number of nitrogens with zero attached hydrogens (tertiary/aromatic N) is 2. The fraction of sp³-hybridized carbons (Fsp3) is 0.286. The van der Waals surface area contributed by atoms with Gasteiger partial charge in [-0.15, -0.1) is 11.3 Å². The highest BCUT2D eigenvalue weighted by atomic mass is 79.9. The van der Waals surface area contributed by atoms with Gasteiger partial charge in [0.2, 0.25) is 0 Å². The molecule has 1 aromatic heterocycles. The topological polar surface area (TPSA) is 96.0 Å². The molecule has 0 saturated heterocycles. The van der Waals surface area contributed by atoms with Crippen LogP contribution in [0.25, 0.3) is 0 Å². The third-order valence-electron chi connectivity index (χ3n) is 1.80. The molecule has 0 aliphatic heterocycles. The molecule has 0 aromatic carbocycles. The number of hydrogen-bond donors (Lipinski definition) is 2. The molecular formula is C7H9BrClN3O3S2. The zero-order valence-corrected chi connectivity index (χ0v) is 12.6. The van der Waals surface area contributed by atoms with Crippen LogP contribution in [0.4, 0.5) is 0 Å². The molecule has 0 saturated carbocycles. The first-order valence-corrected chi connectivity index (χ1v) is 7.59. The Morgan fingerprint density at radius 1 is 1.76 bits per heavy atom. The van der Waals surface area contributed by atoms with E-state index in [1.165, 1.54) is 13.1 Å². The number of halogens is 2. The van der Waals surface area contributed by atoms with Crippen LogP contribution < -0.4 is 5.73 Å². The van der Waals surface area contributed by atoms with Crippen molar-refractivity contribution in [2.24, 2.45) is 10.9 Å². The van der Waals surface area contributed by atoms with Gasteiger partial charge in [-0.1, -0.05) is 16.8 Å². The second-order valence-corrected chi connectivity index (χ2v) is 8.09. The predicted molar refractivity (Wildman–Crippen MR) is 70.3 cm³/mol. The van der Waals surface area contributed by atoms with Gasteiger partial charge < -0.3 is 10.9 Å². The number of hydrogen-bond acceptors (Lipinski definition) is 5. The van der Waals surface area contributed by atoms with Crippen molar-refractivity contribution in [1.82, 2.24) is 4.31 Å². The summed E-state index contributed by atoms with van der Waals surface area (Å²) in [6, 6.07) is 1.34. The Labute approximate surface area is 116 Å². The molecule has 10 heteroatoms. The van der Waals surface area contributed by atoms with E-state index in [-0.39, 0.29) is 16.6 Å². The molecule has 0 radical (unpaired) electrons. The summed E-state index contributed by atoms with van der Waals surface area (Å²) in [5, 5.41) is 11.4. The van der Waals surface area contributed by atoms with Gasteiger partial charge in [-0.05, 0) is 22.0 Å². The zero-order valence-electron chi connectivity index (χ0n) is 8.59. The van der Waals surface area contributed by atoms with Gasteiger partial charge in [0.25, 0.3) is 10.0 Å². The highest BCUT2D eigenvalue weighted by molar-refractivity contribution is 9.11. The number of oxime groups is 1. The Morgan fingerprint density at radius 3 is 2.76 bits per heavy atom. The van der Waals surface area contributed by atoms with E-state index < -0.39 is 10.0 Å². The summed E-state index contributed by atoms with van der Waals surface area (Å²) in [5.74, 6) is -0.196. The summed E-state index contributed by atoms with van der Waals surface area (Å²) in [7, 11) is -2.35. The number of thiophene rings is 1. The van der Waals surface area contributed by atoms with Crippen molar-refractivity contribution in [2.45, 2.75) is 4.21 Å². The van der Waals surface area contributed by atoms with Gasteiger partial charge in [-0.25, -0.2) is 8.42 Å². The van der Waals surface area contributed by atoms with E-state index in [1.807, 2.05) is 0 Å². The minimum atomic E-state index is -3.68. The molecule has 0 atom stereocenters. The van der Waals surface area contributed by atoms with E-state index >= 15 is 0 Å². The Morgan fingerprint density at radius 2 is 2.35 bits per heavy atom. The van der Waals surface area contributed by atoms with Gasteiger partial charge in [-0.2, -0.15) is 4.31 Å². The van der Waals surface area contributed by atoms with Gasteiger partial charge in [0.15, 0.2) is 5.84 Å². The molecule has 0 spiro atoms. The SMILES string of the molecule is CN(CC(N)=NO)S(=O)(=O)c1cc(Cl)c(Br)s1. The molecule has 0 amide bonds. The molecule has 0 fully saturated rings. The first-order valence-electron chi connectivity index (χ1n) is 4.16. The number of rotatable bonds is 4. The van der Waals surface area contributed by atoms with Gasteiger partial charge in [-0.3, -0.25) is 0 Å². The predicted octanol–water partition coefficient (Wildman–Crippen LogP) is 1.53. The van der Waals surface area contributed by atoms with Crippen LogP contribution in [-0.4, -0.2) is 37.4 Å². The molecule has 0 aliphatic carbocycles. The molecule has 0 unspecified atom stereocenters. The van der Waals surface area contributed by atoms with Crippen molar-refractivity contribution in [3.05, 3.63) is 14.9 Å². The lowest BCUT2D eigenvalue weighted by Crippen LogP contribution is -2.35. The van der Waals surface area contributed by atoms with Gasteiger partial charge in [0.05, 0.1) is 15.4 Å². The van der Waals surface area contributed by atoms with E-state index in [9.17, 15) is 8.42 Å². The van der Waals surface area contributed by atoms with Crippen molar-refractivity contribution in [2.75, 3.05) is 13.6 Å². The maximum absolute atomic E-state index is 12.0. The summed E-state index contributed by atoms with van der Waals surface area (Å²) in [6.45, 7) is -0.202. The molecule has 1 aromatic rings. The molecule has 0 aliphatic rings. The largest absolute Gasteiger partial charge is 0.409 e. The monoisotopic (exact) mass is 361 g/mol. The lowest BCUT2D eigenvalue weighted by Gasteiger charge is -2.14. The first kappa shape index (κ1) is 14.7. The maximum atomic E-state index is 12.0. The van der Waals surface area contributed by atoms with Crippen LogP contribution in [0.5, 0.6) is 0 Å². The molecular weight excluding hydrogens is 354 g/mol. The van der Waals surface area contributed by atoms with Crippen molar-refractivity contribution >= 4 is 54.7 Å². The second kappa shape index (κ2) is 5.53. The van der Waals surface area contributed by atoms with Crippen LogP contribution in [-0.2, 0) is 10.0 Å². The normalized spacial score (nSPS) is 13.3. The molecule has 1 rings (SSSR count). The summed E-state index contributed by atoms with van der Waals surface area (Å²) in [5.41, 5.74) is 5.25. The van der Waals surface area contributed by atoms with E-state index in [0.717, 1.165) is 15.6 Å². The van der Waals surface area contributed by atoms with E-state index in [1.54, 1.807) is 0 Å². The fourth-order valence-corrected chi connectivity index (χ4v) is 4.70. The number of nitrogens with two attached hydrogens (primary N) is 1. The minimum Gasteiger partial charge on any atom is -0.409 e. The molecule has 6 nitrogen and oxygen atoms in total. The zero-order chi connectivity index (χ0) is 13.2. The molecule has 96 valence electrons. The third-order valence-corrected chi connectivity index (χ3v) is 6.53. The van der Waals surface area contributed by atoms with E-state index in [2.05, 4.69) is 21.1 Å².